The molecule has 0 aliphatic carbocycles. The average molecular weight is 313 g/mol. The Hall–Kier alpha value is -1.69. The number of nitrogens with one attached hydrogen (secondary N) is 1. The summed E-state index contributed by atoms with van der Waals surface area (Å²) in [7, 11) is 0. The van der Waals surface area contributed by atoms with Crippen molar-refractivity contribution in [2.45, 2.75) is 13.0 Å². The zero-order valence-corrected chi connectivity index (χ0v) is 12.1. The molecule has 112 valence electrons. The molecule has 0 aromatic heterocycles. The maximum Gasteiger partial charge on any atom is 0.142 e. The van der Waals surface area contributed by atoms with Crippen LogP contribution in [-0.2, 0) is 0 Å². The van der Waals surface area contributed by atoms with Crippen LogP contribution in [0.3, 0.4) is 0 Å². The first-order valence-corrected chi connectivity index (χ1v) is 6.78. The fourth-order valence-electron chi connectivity index (χ4n) is 2.05. The van der Waals surface area contributed by atoms with Gasteiger partial charge in [0, 0.05) is 5.56 Å². The standard InChI is InChI=1S/C15H15ClF2N2O/c1-2-21-10-5-3-9(4-6-10)15(20-19)11-7-14(18)12(16)8-13(11)17/h3-8,15,20H,2,19H2,1H3. The first-order valence-electron chi connectivity index (χ1n) is 6.40. The molecule has 0 saturated heterocycles. The molecule has 3 nitrogen and oxygen atoms in total. The molecule has 0 aliphatic heterocycles. The lowest BCUT2D eigenvalue weighted by molar-refractivity contribution is 0.340. The van der Waals surface area contributed by atoms with Crippen LogP contribution in [0.25, 0.3) is 0 Å². The molecular weight excluding hydrogens is 298 g/mol. The van der Waals surface area contributed by atoms with E-state index in [1.165, 1.54) is 0 Å². The highest BCUT2D eigenvalue weighted by Crippen LogP contribution is 2.28. The maximum absolute atomic E-state index is 14.0. The molecule has 0 saturated carbocycles. The molecule has 0 aliphatic rings. The van der Waals surface area contributed by atoms with Gasteiger partial charge in [-0.2, -0.15) is 0 Å². The Morgan fingerprint density at radius 2 is 1.86 bits per heavy atom. The van der Waals surface area contributed by atoms with E-state index >= 15 is 0 Å². The molecule has 0 amide bonds. The summed E-state index contributed by atoms with van der Waals surface area (Å²) in [6.45, 7) is 2.43. The minimum Gasteiger partial charge on any atom is -0.494 e. The number of hydrogen-bond acceptors (Lipinski definition) is 3. The third-order valence-electron chi connectivity index (χ3n) is 3.04. The number of rotatable bonds is 5. The topological polar surface area (TPSA) is 47.3 Å². The second-order valence-electron chi connectivity index (χ2n) is 4.39. The van der Waals surface area contributed by atoms with E-state index in [2.05, 4.69) is 5.43 Å². The molecule has 0 radical (unpaired) electrons. The van der Waals surface area contributed by atoms with Gasteiger partial charge in [0.05, 0.1) is 17.7 Å². The third kappa shape index (κ3) is 3.50. The van der Waals surface area contributed by atoms with Gasteiger partial charge < -0.3 is 4.74 Å². The van der Waals surface area contributed by atoms with Gasteiger partial charge in [0.15, 0.2) is 0 Å². The summed E-state index contributed by atoms with van der Waals surface area (Å²) in [5.74, 6) is 4.86. The van der Waals surface area contributed by atoms with E-state index in [9.17, 15) is 8.78 Å². The minimum atomic E-state index is -0.695. The van der Waals surface area contributed by atoms with Gasteiger partial charge in [-0.25, -0.2) is 14.2 Å². The largest absolute Gasteiger partial charge is 0.494 e. The summed E-state index contributed by atoms with van der Waals surface area (Å²) in [4.78, 5) is 0. The summed E-state index contributed by atoms with van der Waals surface area (Å²) < 4.78 is 32.9. The second kappa shape index (κ2) is 6.85. The molecule has 3 N–H and O–H groups in total. The number of hydrogen-bond donors (Lipinski definition) is 2. The summed E-state index contributed by atoms with van der Waals surface area (Å²) in [6, 6.07) is 8.25. The second-order valence-corrected chi connectivity index (χ2v) is 4.80. The SMILES string of the molecule is CCOc1ccc(C(NN)c2cc(F)c(Cl)cc2F)cc1. The van der Waals surface area contributed by atoms with Crippen molar-refractivity contribution in [3.63, 3.8) is 0 Å². The zero-order chi connectivity index (χ0) is 15.4. The van der Waals surface area contributed by atoms with E-state index in [1.54, 1.807) is 24.3 Å². The van der Waals surface area contributed by atoms with Crippen LogP contribution >= 0.6 is 11.6 Å². The van der Waals surface area contributed by atoms with Crippen LogP contribution in [0.4, 0.5) is 8.78 Å². The molecule has 2 aromatic rings. The maximum atomic E-state index is 14.0. The monoisotopic (exact) mass is 312 g/mol. The van der Waals surface area contributed by atoms with Crippen molar-refractivity contribution in [1.82, 2.24) is 5.43 Å². The van der Waals surface area contributed by atoms with E-state index in [4.69, 9.17) is 22.2 Å². The molecule has 1 atom stereocenters. The average Bonchev–Trinajstić information content (AvgIpc) is 2.47. The van der Waals surface area contributed by atoms with E-state index in [-0.39, 0.29) is 10.6 Å². The van der Waals surface area contributed by atoms with Crippen LogP contribution in [0.5, 0.6) is 5.75 Å². The van der Waals surface area contributed by atoms with E-state index in [1.807, 2.05) is 6.92 Å². The van der Waals surface area contributed by atoms with Crippen LogP contribution in [0.1, 0.15) is 24.1 Å². The normalized spacial score (nSPS) is 12.2. The van der Waals surface area contributed by atoms with Crippen LogP contribution in [0.2, 0.25) is 5.02 Å². The minimum absolute atomic E-state index is 0.0866. The van der Waals surface area contributed by atoms with Gasteiger partial charge in [-0.3, -0.25) is 5.84 Å². The lowest BCUT2D eigenvalue weighted by atomic mass is 9.98. The van der Waals surface area contributed by atoms with Gasteiger partial charge >= 0.3 is 0 Å². The van der Waals surface area contributed by atoms with Crippen molar-refractivity contribution >= 4 is 11.6 Å². The van der Waals surface area contributed by atoms with Crippen molar-refractivity contribution in [1.29, 1.82) is 0 Å². The van der Waals surface area contributed by atoms with Crippen LogP contribution < -0.4 is 16.0 Å². The first-order chi connectivity index (χ1) is 10.1. The Kier molecular flexibility index (Phi) is 5.12. The number of benzene rings is 2. The van der Waals surface area contributed by atoms with Gasteiger partial charge in [-0.05, 0) is 36.8 Å². The predicted molar refractivity (Wildman–Crippen MR) is 78.1 cm³/mol. The molecule has 0 heterocycles. The highest BCUT2D eigenvalue weighted by molar-refractivity contribution is 6.30. The summed E-state index contributed by atoms with van der Waals surface area (Å²) in [6.07, 6.45) is 0. The quantitative estimate of drug-likeness (QED) is 0.504. The molecule has 2 rings (SSSR count). The smallest absolute Gasteiger partial charge is 0.142 e. The van der Waals surface area contributed by atoms with Crippen molar-refractivity contribution in [2.24, 2.45) is 5.84 Å². The molecule has 1 unspecified atom stereocenters. The Balaban J connectivity index is 2.37. The Morgan fingerprint density at radius 1 is 1.19 bits per heavy atom. The lowest BCUT2D eigenvalue weighted by Gasteiger charge is -2.18. The van der Waals surface area contributed by atoms with Gasteiger partial charge in [0.2, 0.25) is 0 Å². The Labute approximate surface area is 126 Å². The zero-order valence-electron chi connectivity index (χ0n) is 11.4. The van der Waals surface area contributed by atoms with Gasteiger partial charge in [0.25, 0.3) is 0 Å². The van der Waals surface area contributed by atoms with E-state index < -0.39 is 17.7 Å². The van der Waals surface area contributed by atoms with Crippen LogP contribution in [-0.4, -0.2) is 6.61 Å². The third-order valence-corrected chi connectivity index (χ3v) is 3.33. The molecule has 21 heavy (non-hydrogen) atoms. The molecule has 0 bridgehead atoms. The number of ether oxygens (including phenoxy) is 1. The highest BCUT2D eigenvalue weighted by Gasteiger charge is 2.19. The first kappa shape index (κ1) is 15.7. The summed E-state index contributed by atoms with van der Waals surface area (Å²) in [5.41, 5.74) is 3.25. The van der Waals surface area contributed by atoms with Crippen LogP contribution in [0.15, 0.2) is 36.4 Å². The van der Waals surface area contributed by atoms with Gasteiger partial charge in [-0.1, -0.05) is 23.7 Å². The Morgan fingerprint density at radius 3 is 2.43 bits per heavy atom. The molecule has 0 spiro atoms. The van der Waals surface area contributed by atoms with Crippen molar-refractivity contribution in [2.75, 3.05) is 6.61 Å². The number of halogens is 3. The fourth-order valence-corrected chi connectivity index (χ4v) is 2.20. The number of nitrogens with two attached hydrogens (primary N) is 1. The Bertz CT molecular complexity index is 620. The van der Waals surface area contributed by atoms with Crippen LogP contribution in [0, 0.1) is 11.6 Å². The molecule has 2 aromatic carbocycles. The van der Waals surface area contributed by atoms with E-state index in [0.717, 1.165) is 12.1 Å². The highest BCUT2D eigenvalue weighted by atomic mass is 35.5. The fraction of sp³-hybridized carbons (Fsp3) is 0.200. The van der Waals surface area contributed by atoms with Crippen molar-refractivity contribution in [3.8, 4) is 5.75 Å². The number of hydrazine groups is 1. The summed E-state index contributed by atoms with van der Waals surface area (Å²) >= 11 is 5.55. The van der Waals surface area contributed by atoms with E-state index in [0.29, 0.717) is 17.9 Å². The molecular formula is C15H15ClF2N2O. The van der Waals surface area contributed by atoms with Gasteiger partial charge in [-0.15, -0.1) is 0 Å². The summed E-state index contributed by atoms with van der Waals surface area (Å²) in [5, 5.41) is -0.265. The molecule has 6 heteroatoms. The lowest BCUT2D eigenvalue weighted by Crippen LogP contribution is -2.29. The molecule has 0 fully saturated rings. The van der Waals surface area contributed by atoms with Crippen molar-refractivity contribution in [3.05, 3.63) is 64.2 Å². The predicted octanol–water partition coefficient (Wildman–Crippen LogP) is 3.57. The van der Waals surface area contributed by atoms with Gasteiger partial charge in [0.1, 0.15) is 17.4 Å². The van der Waals surface area contributed by atoms with Crippen molar-refractivity contribution < 1.29 is 13.5 Å².